The average molecular weight is 204 g/mol. The molecule has 0 unspecified atom stereocenters. The molecule has 0 aliphatic heterocycles. The Bertz CT molecular complexity index is 320. The number of nitrogens with two attached hydrogens (primary N) is 1. The van der Waals surface area contributed by atoms with Gasteiger partial charge in [-0.2, -0.15) is 13.2 Å². The maximum atomic E-state index is 12.3. The first kappa shape index (κ1) is 11.0. The normalized spacial score (nSPS) is 11.8. The van der Waals surface area contributed by atoms with Crippen molar-refractivity contribution in [2.45, 2.75) is 26.1 Å². The minimum absolute atomic E-state index is 0.168. The van der Waals surface area contributed by atoms with E-state index in [4.69, 9.17) is 5.73 Å². The fourth-order valence-corrected chi connectivity index (χ4v) is 1.18. The Labute approximate surface area is 79.9 Å². The Hall–Kier alpha value is -1.10. The van der Waals surface area contributed by atoms with Gasteiger partial charge >= 0.3 is 6.18 Å². The first-order valence-corrected chi connectivity index (χ1v) is 4.24. The molecule has 0 fully saturated rings. The summed E-state index contributed by atoms with van der Waals surface area (Å²) in [5.41, 5.74) is 5.71. The van der Waals surface area contributed by atoms with Crippen molar-refractivity contribution in [2.75, 3.05) is 0 Å². The number of nitrogens with zero attached hydrogens (tertiary/aromatic N) is 1. The summed E-state index contributed by atoms with van der Waals surface area (Å²) in [7, 11) is 0. The van der Waals surface area contributed by atoms with Gasteiger partial charge in [-0.05, 0) is 18.1 Å². The summed E-state index contributed by atoms with van der Waals surface area (Å²) < 4.78 is 36.8. The second kappa shape index (κ2) is 3.96. The molecule has 14 heavy (non-hydrogen) atoms. The van der Waals surface area contributed by atoms with E-state index in [1.807, 2.05) is 0 Å². The molecule has 1 rings (SSSR count). The topological polar surface area (TPSA) is 38.9 Å². The minimum Gasteiger partial charge on any atom is -0.325 e. The highest BCUT2D eigenvalue weighted by Crippen LogP contribution is 2.29. The average Bonchev–Trinajstić information content (AvgIpc) is 2.15. The Kier molecular flexibility index (Phi) is 3.10. The zero-order valence-corrected chi connectivity index (χ0v) is 7.73. The van der Waals surface area contributed by atoms with Gasteiger partial charge in [-0.1, -0.05) is 6.92 Å². The third kappa shape index (κ3) is 2.23. The summed E-state index contributed by atoms with van der Waals surface area (Å²) in [5, 5.41) is 0. The number of alkyl halides is 3. The lowest BCUT2D eigenvalue weighted by atomic mass is 10.1. The second-order valence-electron chi connectivity index (χ2n) is 2.89. The largest absolute Gasteiger partial charge is 0.417 e. The molecule has 1 aromatic heterocycles. The molecule has 0 atom stereocenters. The molecule has 1 heterocycles. The van der Waals surface area contributed by atoms with E-state index in [1.54, 1.807) is 6.92 Å². The van der Waals surface area contributed by atoms with Gasteiger partial charge < -0.3 is 5.73 Å². The van der Waals surface area contributed by atoms with Gasteiger partial charge in [0.2, 0.25) is 0 Å². The van der Waals surface area contributed by atoms with E-state index in [9.17, 15) is 13.2 Å². The van der Waals surface area contributed by atoms with E-state index in [2.05, 4.69) is 4.98 Å². The highest BCUT2D eigenvalue weighted by Gasteiger charge is 2.31. The van der Waals surface area contributed by atoms with Gasteiger partial charge in [0.05, 0.1) is 11.3 Å². The smallest absolute Gasteiger partial charge is 0.325 e. The fourth-order valence-electron chi connectivity index (χ4n) is 1.18. The molecule has 0 spiro atoms. The molecule has 0 bridgehead atoms. The lowest BCUT2D eigenvalue weighted by Crippen LogP contribution is -2.10. The van der Waals surface area contributed by atoms with Crippen LogP contribution in [-0.4, -0.2) is 4.98 Å². The number of pyridine rings is 1. The summed E-state index contributed by atoms with van der Waals surface area (Å²) in [6.45, 7) is 1.94. The first-order valence-electron chi connectivity index (χ1n) is 4.24. The number of halogens is 3. The van der Waals surface area contributed by atoms with Crippen molar-refractivity contribution in [3.63, 3.8) is 0 Å². The van der Waals surface area contributed by atoms with Gasteiger partial charge in [0.1, 0.15) is 0 Å². The van der Waals surface area contributed by atoms with Crippen LogP contribution in [0.15, 0.2) is 12.3 Å². The molecule has 5 heteroatoms. The first-order chi connectivity index (χ1) is 6.49. The molecule has 0 aliphatic rings. The van der Waals surface area contributed by atoms with Gasteiger partial charge in [0.15, 0.2) is 0 Å². The summed E-state index contributed by atoms with van der Waals surface area (Å²) >= 11 is 0. The van der Waals surface area contributed by atoms with Crippen molar-refractivity contribution in [3.05, 3.63) is 29.1 Å². The van der Waals surface area contributed by atoms with Crippen molar-refractivity contribution >= 4 is 0 Å². The zero-order valence-electron chi connectivity index (χ0n) is 7.73. The molecular weight excluding hydrogens is 193 g/mol. The highest BCUT2D eigenvalue weighted by atomic mass is 19.4. The number of hydrogen-bond donors (Lipinski definition) is 1. The van der Waals surface area contributed by atoms with Crippen LogP contribution in [0.1, 0.15) is 23.7 Å². The minimum atomic E-state index is -4.33. The number of aromatic nitrogens is 1. The molecule has 0 saturated carbocycles. The van der Waals surface area contributed by atoms with Gasteiger partial charge in [0.25, 0.3) is 0 Å². The quantitative estimate of drug-likeness (QED) is 0.801. The molecule has 0 aromatic carbocycles. The standard InChI is InChI=1S/C9H11F3N2/c1-2-6-3-7(9(10,11)12)5-14-8(6)4-13/h3,5H,2,4,13H2,1H3. The SMILES string of the molecule is CCc1cc(C(F)(F)F)cnc1CN. The molecule has 0 radical (unpaired) electrons. The van der Waals surface area contributed by atoms with Gasteiger partial charge in [0, 0.05) is 12.7 Å². The zero-order chi connectivity index (χ0) is 10.8. The third-order valence-electron chi connectivity index (χ3n) is 1.96. The second-order valence-corrected chi connectivity index (χ2v) is 2.89. The van der Waals surface area contributed by atoms with Crippen molar-refractivity contribution in [3.8, 4) is 0 Å². The van der Waals surface area contributed by atoms with Gasteiger partial charge in [-0.25, -0.2) is 0 Å². The van der Waals surface area contributed by atoms with E-state index in [0.717, 1.165) is 12.3 Å². The van der Waals surface area contributed by atoms with Gasteiger partial charge in [-0.3, -0.25) is 4.98 Å². The molecule has 78 valence electrons. The lowest BCUT2D eigenvalue weighted by Gasteiger charge is -2.10. The Balaban J connectivity index is 3.14. The highest BCUT2D eigenvalue weighted by molar-refractivity contribution is 5.27. The van der Waals surface area contributed by atoms with Crippen LogP contribution >= 0.6 is 0 Å². The molecule has 2 nitrogen and oxygen atoms in total. The summed E-state index contributed by atoms with van der Waals surface area (Å²) in [6, 6.07) is 1.11. The monoisotopic (exact) mass is 204 g/mol. The Morgan fingerprint density at radius 1 is 1.43 bits per heavy atom. The van der Waals surface area contributed by atoms with E-state index in [0.29, 0.717) is 17.7 Å². The fraction of sp³-hybridized carbons (Fsp3) is 0.444. The third-order valence-corrected chi connectivity index (χ3v) is 1.96. The van der Waals surface area contributed by atoms with E-state index < -0.39 is 11.7 Å². The van der Waals surface area contributed by atoms with Crippen LogP contribution in [0, 0.1) is 0 Å². The maximum absolute atomic E-state index is 12.3. The van der Waals surface area contributed by atoms with Crippen molar-refractivity contribution in [1.82, 2.24) is 4.98 Å². The van der Waals surface area contributed by atoms with Crippen LogP contribution in [0.25, 0.3) is 0 Å². The van der Waals surface area contributed by atoms with Gasteiger partial charge in [-0.15, -0.1) is 0 Å². The van der Waals surface area contributed by atoms with Crippen LogP contribution in [-0.2, 0) is 19.1 Å². The summed E-state index contributed by atoms with van der Waals surface area (Å²) in [5.74, 6) is 0. The Morgan fingerprint density at radius 3 is 2.50 bits per heavy atom. The van der Waals surface area contributed by atoms with Crippen molar-refractivity contribution in [2.24, 2.45) is 5.73 Å². The number of hydrogen-bond acceptors (Lipinski definition) is 2. The number of aryl methyl sites for hydroxylation is 1. The summed E-state index contributed by atoms with van der Waals surface area (Å²) in [4.78, 5) is 3.69. The van der Waals surface area contributed by atoms with Crippen LogP contribution in [0.3, 0.4) is 0 Å². The predicted octanol–water partition coefficient (Wildman–Crippen LogP) is 2.12. The van der Waals surface area contributed by atoms with Crippen molar-refractivity contribution < 1.29 is 13.2 Å². The lowest BCUT2D eigenvalue weighted by molar-refractivity contribution is -0.137. The van der Waals surface area contributed by atoms with Crippen LogP contribution in [0.4, 0.5) is 13.2 Å². The maximum Gasteiger partial charge on any atom is 0.417 e. The Morgan fingerprint density at radius 2 is 2.07 bits per heavy atom. The predicted molar refractivity (Wildman–Crippen MR) is 46.5 cm³/mol. The molecule has 1 aromatic rings. The molecule has 0 amide bonds. The van der Waals surface area contributed by atoms with Crippen LogP contribution in [0.5, 0.6) is 0 Å². The van der Waals surface area contributed by atoms with Crippen molar-refractivity contribution in [1.29, 1.82) is 0 Å². The van der Waals surface area contributed by atoms with Crippen LogP contribution < -0.4 is 5.73 Å². The molecule has 0 saturated heterocycles. The van der Waals surface area contributed by atoms with Crippen LogP contribution in [0.2, 0.25) is 0 Å². The molecular formula is C9H11F3N2. The number of rotatable bonds is 2. The van der Waals surface area contributed by atoms with E-state index in [-0.39, 0.29) is 6.54 Å². The van der Waals surface area contributed by atoms with E-state index >= 15 is 0 Å². The molecule has 2 N–H and O–H groups in total. The summed E-state index contributed by atoms with van der Waals surface area (Å²) in [6.07, 6.45) is -3.01. The van der Waals surface area contributed by atoms with E-state index in [1.165, 1.54) is 0 Å². The molecule has 0 aliphatic carbocycles.